The van der Waals surface area contributed by atoms with Gasteiger partial charge in [-0.2, -0.15) is 0 Å². The van der Waals surface area contributed by atoms with Gasteiger partial charge in [-0.05, 0) is 11.6 Å². The van der Waals surface area contributed by atoms with Crippen molar-refractivity contribution < 1.29 is 4.74 Å². The van der Waals surface area contributed by atoms with E-state index in [4.69, 9.17) is 4.74 Å². The van der Waals surface area contributed by atoms with Crippen molar-refractivity contribution in [3.05, 3.63) is 29.8 Å². The van der Waals surface area contributed by atoms with Crippen LogP contribution in [0.15, 0.2) is 24.3 Å². The first-order valence-corrected chi connectivity index (χ1v) is 5.36. The lowest BCUT2D eigenvalue weighted by atomic mass is 10.0. The van der Waals surface area contributed by atoms with Crippen LogP contribution >= 0.6 is 0 Å². The summed E-state index contributed by atoms with van der Waals surface area (Å²) in [5.74, 6) is 0. The van der Waals surface area contributed by atoms with Crippen LogP contribution in [-0.2, 0) is 4.74 Å². The molecule has 1 heterocycles. The summed E-state index contributed by atoms with van der Waals surface area (Å²) in [5.41, 5.74) is 2.59. The molecule has 0 bridgehead atoms. The summed E-state index contributed by atoms with van der Waals surface area (Å²) in [6, 6.07) is 8.80. The van der Waals surface area contributed by atoms with Crippen LogP contribution in [0.5, 0.6) is 0 Å². The zero-order valence-corrected chi connectivity index (χ0v) is 9.36. The fourth-order valence-electron chi connectivity index (χ4n) is 1.95. The molecule has 15 heavy (non-hydrogen) atoms. The van der Waals surface area contributed by atoms with Crippen LogP contribution < -0.4 is 10.2 Å². The molecular weight excluding hydrogens is 188 g/mol. The Morgan fingerprint density at radius 3 is 2.80 bits per heavy atom. The third-order valence-electron chi connectivity index (χ3n) is 2.72. The maximum Gasteiger partial charge on any atom is 0.0662 e. The molecule has 0 saturated carbocycles. The van der Waals surface area contributed by atoms with Crippen molar-refractivity contribution in [3.8, 4) is 0 Å². The molecular formula is C12H18N2O. The van der Waals surface area contributed by atoms with Gasteiger partial charge in [0.15, 0.2) is 0 Å². The van der Waals surface area contributed by atoms with Crippen molar-refractivity contribution in [2.75, 3.05) is 38.8 Å². The van der Waals surface area contributed by atoms with Gasteiger partial charge in [0.05, 0.1) is 19.3 Å². The highest BCUT2D eigenvalue weighted by molar-refractivity contribution is 5.54. The van der Waals surface area contributed by atoms with Crippen LogP contribution in [0.25, 0.3) is 0 Å². The zero-order valence-electron chi connectivity index (χ0n) is 9.36. The van der Waals surface area contributed by atoms with E-state index >= 15 is 0 Å². The van der Waals surface area contributed by atoms with Gasteiger partial charge in [0.1, 0.15) is 0 Å². The highest BCUT2D eigenvalue weighted by Gasteiger charge is 2.18. The molecule has 1 aromatic rings. The summed E-state index contributed by atoms with van der Waals surface area (Å²) >= 11 is 0. The molecule has 0 aromatic heterocycles. The minimum Gasteiger partial charge on any atom is -0.378 e. The number of nitrogens with zero attached hydrogens (tertiary/aromatic N) is 1. The number of morpholine rings is 1. The number of nitrogens with one attached hydrogen (secondary N) is 1. The molecule has 1 N–H and O–H groups in total. The lowest BCUT2D eigenvalue weighted by Gasteiger charge is -2.28. The van der Waals surface area contributed by atoms with Crippen molar-refractivity contribution in [3.63, 3.8) is 0 Å². The van der Waals surface area contributed by atoms with E-state index < -0.39 is 0 Å². The highest BCUT2D eigenvalue weighted by Crippen LogP contribution is 2.25. The summed E-state index contributed by atoms with van der Waals surface area (Å²) in [6.07, 6.45) is 0. The van der Waals surface area contributed by atoms with Gasteiger partial charge in [0.2, 0.25) is 0 Å². The van der Waals surface area contributed by atoms with E-state index in [1.165, 1.54) is 11.3 Å². The topological polar surface area (TPSA) is 24.5 Å². The molecule has 1 aliphatic rings. The van der Waals surface area contributed by atoms with Crippen molar-refractivity contribution >= 4 is 5.69 Å². The Hall–Kier alpha value is -1.06. The Morgan fingerprint density at radius 2 is 2.13 bits per heavy atom. The third-order valence-corrected chi connectivity index (χ3v) is 2.72. The van der Waals surface area contributed by atoms with Crippen LogP contribution in [-0.4, -0.2) is 33.9 Å². The van der Waals surface area contributed by atoms with Crippen LogP contribution in [0.2, 0.25) is 0 Å². The van der Waals surface area contributed by atoms with Gasteiger partial charge in [0, 0.05) is 26.3 Å². The fraction of sp³-hybridized carbons (Fsp3) is 0.500. The van der Waals surface area contributed by atoms with Crippen molar-refractivity contribution in [1.29, 1.82) is 0 Å². The highest BCUT2D eigenvalue weighted by atomic mass is 16.5. The Balaban J connectivity index is 2.25. The fourth-order valence-corrected chi connectivity index (χ4v) is 1.95. The number of anilines is 1. The first-order chi connectivity index (χ1) is 7.29. The van der Waals surface area contributed by atoms with Crippen molar-refractivity contribution in [2.45, 2.75) is 6.04 Å². The van der Waals surface area contributed by atoms with Gasteiger partial charge in [-0.1, -0.05) is 18.2 Å². The molecule has 3 heteroatoms. The van der Waals surface area contributed by atoms with Crippen molar-refractivity contribution in [2.24, 2.45) is 0 Å². The lowest BCUT2D eigenvalue weighted by molar-refractivity contribution is 0.0770. The number of ether oxygens (including phenoxy) is 1. The zero-order chi connectivity index (χ0) is 10.7. The Kier molecular flexibility index (Phi) is 3.23. The van der Waals surface area contributed by atoms with Crippen LogP contribution in [0.4, 0.5) is 5.69 Å². The SMILES string of the molecule is CN(C)c1ccccc1C1COCCN1. The quantitative estimate of drug-likeness (QED) is 0.792. The summed E-state index contributed by atoms with van der Waals surface area (Å²) in [6.45, 7) is 2.53. The standard InChI is InChI=1S/C12H18N2O/c1-14(2)12-6-4-3-5-10(12)11-9-15-8-7-13-11/h3-6,11,13H,7-9H2,1-2H3. The van der Waals surface area contributed by atoms with E-state index in [2.05, 4.69) is 48.6 Å². The smallest absolute Gasteiger partial charge is 0.0662 e. The molecule has 1 aliphatic heterocycles. The van der Waals surface area contributed by atoms with Crippen LogP contribution in [0, 0.1) is 0 Å². The molecule has 2 rings (SSSR count). The van der Waals surface area contributed by atoms with E-state index in [0.29, 0.717) is 6.04 Å². The van der Waals surface area contributed by atoms with Crippen LogP contribution in [0.3, 0.4) is 0 Å². The van der Waals surface area contributed by atoms with Gasteiger partial charge in [0.25, 0.3) is 0 Å². The second kappa shape index (κ2) is 4.64. The van der Waals surface area contributed by atoms with E-state index in [1.54, 1.807) is 0 Å². The second-order valence-corrected chi connectivity index (χ2v) is 4.03. The summed E-state index contributed by atoms with van der Waals surface area (Å²) in [5, 5.41) is 3.48. The Morgan fingerprint density at radius 1 is 1.33 bits per heavy atom. The van der Waals surface area contributed by atoms with E-state index in [-0.39, 0.29) is 0 Å². The maximum atomic E-state index is 5.49. The minimum absolute atomic E-state index is 0.331. The summed E-state index contributed by atoms with van der Waals surface area (Å²) in [4.78, 5) is 2.14. The van der Waals surface area contributed by atoms with E-state index in [9.17, 15) is 0 Å². The molecule has 1 fully saturated rings. The lowest BCUT2D eigenvalue weighted by Crippen LogP contribution is -2.35. The number of hydrogen-bond donors (Lipinski definition) is 1. The second-order valence-electron chi connectivity index (χ2n) is 4.03. The molecule has 0 spiro atoms. The predicted octanol–water partition coefficient (Wildman–Crippen LogP) is 1.41. The third kappa shape index (κ3) is 2.30. The van der Waals surface area contributed by atoms with Gasteiger partial charge in [-0.25, -0.2) is 0 Å². The van der Waals surface area contributed by atoms with Crippen molar-refractivity contribution in [1.82, 2.24) is 5.32 Å². The molecule has 3 nitrogen and oxygen atoms in total. The average molecular weight is 206 g/mol. The Bertz CT molecular complexity index is 319. The molecule has 1 saturated heterocycles. The first kappa shape index (κ1) is 10.5. The molecule has 1 aromatic carbocycles. The van der Waals surface area contributed by atoms with E-state index in [0.717, 1.165) is 19.8 Å². The van der Waals surface area contributed by atoms with Gasteiger partial charge in [-0.3, -0.25) is 0 Å². The molecule has 0 amide bonds. The normalized spacial score (nSPS) is 21.3. The molecule has 0 aliphatic carbocycles. The first-order valence-electron chi connectivity index (χ1n) is 5.36. The monoisotopic (exact) mass is 206 g/mol. The average Bonchev–Trinajstić information content (AvgIpc) is 2.30. The molecule has 0 radical (unpaired) electrons. The largest absolute Gasteiger partial charge is 0.378 e. The maximum absolute atomic E-state index is 5.49. The number of rotatable bonds is 2. The molecule has 82 valence electrons. The van der Waals surface area contributed by atoms with E-state index in [1.807, 2.05) is 0 Å². The predicted molar refractivity (Wildman–Crippen MR) is 62.3 cm³/mol. The number of benzene rings is 1. The number of hydrogen-bond acceptors (Lipinski definition) is 3. The number of para-hydroxylation sites is 1. The Labute approximate surface area is 91.0 Å². The van der Waals surface area contributed by atoms with Gasteiger partial charge in [-0.15, -0.1) is 0 Å². The molecule has 1 unspecified atom stereocenters. The summed E-state index contributed by atoms with van der Waals surface area (Å²) in [7, 11) is 4.14. The van der Waals surface area contributed by atoms with Gasteiger partial charge < -0.3 is 15.0 Å². The summed E-state index contributed by atoms with van der Waals surface area (Å²) < 4.78 is 5.49. The molecule has 1 atom stereocenters. The van der Waals surface area contributed by atoms with Gasteiger partial charge >= 0.3 is 0 Å². The minimum atomic E-state index is 0.331. The van der Waals surface area contributed by atoms with Crippen LogP contribution in [0.1, 0.15) is 11.6 Å².